The summed E-state index contributed by atoms with van der Waals surface area (Å²) < 4.78 is 11.9. The van der Waals surface area contributed by atoms with Crippen LogP contribution >= 0.6 is 0 Å². The van der Waals surface area contributed by atoms with E-state index in [0.29, 0.717) is 42.0 Å². The molecule has 0 radical (unpaired) electrons. The first-order chi connectivity index (χ1) is 19.5. The lowest BCUT2D eigenvalue weighted by Gasteiger charge is -2.26. The molecule has 2 heterocycles. The Labute approximate surface area is 233 Å². The van der Waals surface area contributed by atoms with E-state index in [9.17, 15) is 14.7 Å². The molecule has 0 unspecified atom stereocenters. The minimum Gasteiger partial charge on any atom is -0.507 e. The number of hydrogen-bond donors (Lipinski definition) is 1. The summed E-state index contributed by atoms with van der Waals surface area (Å²) in [5.41, 5.74) is 3.25. The lowest BCUT2D eigenvalue weighted by molar-refractivity contribution is -0.139. The predicted octanol–water partition coefficient (Wildman–Crippen LogP) is 6.47. The third kappa shape index (κ3) is 4.96. The van der Waals surface area contributed by atoms with Gasteiger partial charge < -0.3 is 19.5 Å². The summed E-state index contributed by atoms with van der Waals surface area (Å²) in [4.78, 5) is 28.5. The standard InChI is InChI=1S/C34H29NO5/c1-22-19-26-20-25(15-16-29(26)39-22)32(36)30-31(24-11-8-14-28(21-24)40-27-12-6-3-7-13-27)35(34(38)33(30)37)18-17-23-9-4-2-5-10-23/h2-16,20-22,31,36H,17-19H2,1H3/t22-,31+/m1/s1. The van der Waals surface area contributed by atoms with E-state index in [4.69, 9.17) is 9.47 Å². The van der Waals surface area contributed by atoms with Crippen molar-refractivity contribution in [3.05, 3.63) is 131 Å². The first-order valence-corrected chi connectivity index (χ1v) is 13.4. The fraction of sp³-hybridized carbons (Fsp3) is 0.176. The van der Waals surface area contributed by atoms with Gasteiger partial charge in [-0.05, 0) is 72.5 Å². The average Bonchev–Trinajstić information content (AvgIpc) is 3.47. The van der Waals surface area contributed by atoms with Gasteiger partial charge in [-0.25, -0.2) is 0 Å². The Bertz CT molecular complexity index is 1600. The molecule has 0 saturated carbocycles. The average molecular weight is 532 g/mol. The molecule has 6 rings (SSSR count). The van der Waals surface area contributed by atoms with Crippen molar-refractivity contribution in [1.29, 1.82) is 0 Å². The van der Waals surface area contributed by atoms with Crippen molar-refractivity contribution in [2.75, 3.05) is 6.54 Å². The first kappa shape index (κ1) is 25.4. The lowest BCUT2D eigenvalue weighted by Crippen LogP contribution is -2.31. The van der Waals surface area contributed by atoms with Gasteiger partial charge in [-0.1, -0.05) is 60.7 Å². The van der Waals surface area contributed by atoms with E-state index < -0.39 is 17.7 Å². The highest BCUT2D eigenvalue weighted by Crippen LogP contribution is 2.41. The number of aliphatic hydroxyl groups is 1. The zero-order valence-electron chi connectivity index (χ0n) is 22.1. The van der Waals surface area contributed by atoms with Crippen LogP contribution in [0.15, 0.2) is 109 Å². The van der Waals surface area contributed by atoms with Gasteiger partial charge in [-0.15, -0.1) is 0 Å². The number of fused-ring (bicyclic) bond motifs is 1. The van der Waals surface area contributed by atoms with Gasteiger partial charge in [0.2, 0.25) is 0 Å². The van der Waals surface area contributed by atoms with Crippen LogP contribution in [-0.4, -0.2) is 34.3 Å². The molecule has 1 N–H and O–H groups in total. The van der Waals surface area contributed by atoms with Crippen LogP contribution in [0.4, 0.5) is 0 Å². The highest BCUT2D eigenvalue weighted by atomic mass is 16.5. The fourth-order valence-corrected chi connectivity index (χ4v) is 5.45. The van der Waals surface area contributed by atoms with E-state index in [2.05, 4.69) is 0 Å². The van der Waals surface area contributed by atoms with Crippen molar-refractivity contribution in [2.24, 2.45) is 0 Å². The zero-order chi connectivity index (χ0) is 27.6. The summed E-state index contributed by atoms with van der Waals surface area (Å²) in [5.74, 6) is 0.496. The number of aliphatic hydroxyl groups excluding tert-OH is 1. The number of carbonyl (C=O) groups excluding carboxylic acids is 2. The SMILES string of the molecule is C[C@@H]1Cc2cc(C(O)=C3C(=O)C(=O)N(CCc4ccccc4)[C@H]3c3cccc(Oc4ccccc4)c3)ccc2O1. The zero-order valence-corrected chi connectivity index (χ0v) is 22.1. The highest BCUT2D eigenvalue weighted by molar-refractivity contribution is 6.46. The Morgan fingerprint density at radius 1 is 0.900 bits per heavy atom. The Morgan fingerprint density at radius 3 is 2.40 bits per heavy atom. The molecule has 0 aromatic heterocycles. The highest BCUT2D eigenvalue weighted by Gasteiger charge is 2.46. The third-order valence-corrected chi connectivity index (χ3v) is 7.35. The van der Waals surface area contributed by atoms with Gasteiger partial charge in [0.1, 0.15) is 29.1 Å². The number of Topliss-reactive ketones (excluding diaryl/α,β-unsaturated/α-hetero) is 1. The molecule has 200 valence electrons. The number of nitrogens with zero attached hydrogens (tertiary/aromatic N) is 1. The van der Waals surface area contributed by atoms with Crippen LogP contribution < -0.4 is 9.47 Å². The second-order valence-electron chi connectivity index (χ2n) is 10.2. The molecular formula is C34H29NO5. The molecule has 40 heavy (non-hydrogen) atoms. The van der Waals surface area contributed by atoms with Gasteiger partial charge in [0.05, 0.1) is 11.6 Å². The van der Waals surface area contributed by atoms with Crippen molar-refractivity contribution in [3.8, 4) is 17.2 Å². The second-order valence-corrected chi connectivity index (χ2v) is 10.2. The van der Waals surface area contributed by atoms with E-state index in [-0.39, 0.29) is 17.4 Å². The number of ether oxygens (including phenoxy) is 2. The molecule has 0 bridgehead atoms. The maximum Gasteiger partial charge on any atom is 0.295 e. The molecular weight excluding hydrogens is 502 g/mol. The second kappa shape index (κ2) is 10.7. The summed E-state index contributed by atoms with van der Waals surface area (Å²) in [5, 5.41) is 11.6. The summed E-state index contributed by atoms with van der Waals surface area (Å²) in [6.07, 6.45) is 1.33. The molecule has 0 aliphatic carbocycles. The van der Waals surface area contributed by atoms with Gasteiger partial charge >= 0.3 is 0 Å². The van der Waals surface area contributed by atoms with Crippen molar-refractivity contribution in [2.45, 2.75) is 31.9 Å². The van der Waals surface area contributed by atoms with E-state index in [1.807, 2.05) is 104 Å². The number of para-hydroxylation sites is 1. The Hall–Kier alpha value is -4.84. The van der Waals surface area contributed by atoms with Gasteiger partial charge in [0.25, 0.3) is 11.7 Å². The first-order valence-electron chi connectivity index (χ1n) is 13.4. The minimum absolute atomic E-state index is 0.0447. The van der Waals surface area contributed by atoms with Gasteiger partial charge in [-0.2, -0.15) is 0 Å². The van der Waals surface area contributed by atoms with Crippen LogP contribution in [0.25, 0.3) is 5.76 Å². The van der Waals surface area contributed by atoms with E-state index in [1.54, 1.807) is 11.0 Å². The molecule has 4 aromatic rings. The van der Waals surface area contributed by atoms with E-state index in [1.165, 1.54) is 0 Å². The summed E-state index contributed by atoms with van der Waals surface area (Å²) in [7, 11) is 0. The predicted molar refractivity (Wildman–Crippen MR) is 152 cm³/mol. The number of likely N-dealkylation sites (tertiary alicyclic amines) is 1. The molecule has 2 aliphatic rings. The molecule has 6 nitrogen and oxygen atoms in total. The maximum atomic E-state index is 13.5. The number of rotatable bonds is 7. The maximum absolute atomic E-state index is 13.5. The molecule has 1 fully saturated rings. The fourth-order valence-electron chi connectivity index (χ4n) is 5.45. The summed E-state index contributed by atoms with van der Waals surface area (Å²) in [6, 6.07) is 31.2. The monoisotopic (exact) mass is 531 g/mol. The number of amides is 1. The van der Waals surface area contributed by atoms with Crippen LogP contribution in [-0.2, 0) is 22.4 Å². The minimum atomic E-state index is -0.772. The molecule has 4 aromatic carbocycles. The van der Waals surface area contributed by atoms with Gasteiger partial charge in [-0.3, -0.25) is 9.59 Å². The van der Waals surface area contributed by atoms with Crippen molar-refractivity contribution >= 4 is 17.4 Å². The number of benzene rings is 4. The van der Waals surface area contributed by atoms with Crippen molar-refractivity contribution < 1.29 is 24.2 Å². The molecule has 2 aliphatic heterocycles. The van der Waals surface area contributed by atoms with Crippen molar-refractivity contribution in [3.63, 3.8) is 0 Å². The quantitative estimate of drug-likeness (QED) is 0.168. The normalized spacial score (nSPS) is 19.4. The van der Waals surface area contributed by atoms with Crippen LogP contribution in [0.2, 0.25) is 0 Å². The number of hydrogen-bond acceptors (Lipinski definition) is 5. The van der Waals surface area contributed by atoms with Gasteiger partial charge in [0.15, 0.2) is 0 Å². The molecule has 1 saturated heterocycles. The third-order valence-electron chi connectivity index (χ3n) is 7.35. The molecule has 0 spiro atoms. The van der Waals surface area contributed by atoms with Crippen LogP contribution in [0, 0.1) is 0 Å². The van der Waals surface area contributed by atoms with Gasteiger partial charge in [0, 0.05) is 18.5 Å². The Balaban J connectivity index is 1.41. The molecule has 1 amide bonds. The molecule has 6 heteroatoms. The van der Waals surface area contributed by atoms with E-state index >= 15 is 0 Å². The van der Waals surface area contributed by atoms with E-state index in [0.717, 1.165) is 16.9 Å². The van der Waals surface area contributed by atoms with Crippen LogP contribution in [0.5, 0.6) is 17.2 Å². The number of carbonyl (C=O) groups is 2. The Morgan fingerprint density at radius 2 is 1.62 bits per heavy atom. The topological polar surface area (TPSA) is 76.1 Å². The summed E-state index contributed by atoms with van der Waals surface area (Å²) in [6.45, 7) is 2.30. The smallest absolute Gasteiger partial charge is 0.295 e. The number of ketones is 1. The largest absolute Gasteiger partial charge is 0.507 e. The van der Waals surface area contributed by atoms with Crippen LogP contribution in [0.1, 0.15) is 35.2 Å². The van der Waals surface area contributed by atoms with Crippen LogP contribution in [0.3, 0.4) is 0 Å². The molecule has 2 atom stereocenters. The van der Waals surface area contributed by atoms with Crippen molar-refractivity contribution in [1.82, 2.24) is 4.90 Å². The lowest BCUT2D eigenvalue weighted by atomic mass is 9.94. The Kier molecular flexibility index (Phi) is 6.83. The summed E-state index contributed by atoms with van der Waals surface area (Å²) >= 11 is 0.